The van der Waals surface area contributed by atoms with Crippen LogP contribution in [0, 0.1) is 5.82 Å². The van der Waals surface area contributed by atoms with Crippen LogP contribution in [-0.4, -0.2) is 42.8 Å². The summed E-state index contributed by atoms with van der Waals surface area (Å²) in [7, 11) is 0. The predicted octanol–water partition coefficient (Wildman–Crippen LogP) is 3.10. The molecule has 1 aromatic carbocycles. The number of anilines is 2. The van der Waals surface area contributed by atoms with Crippen molar-refractivity contribution < 1.29 is 9.13 Å². The number of benzene rings is 1. The fourth-order valence-corrected chi connectivity index (χ4v) is 3.99. The highest BCUT2D eigenvalue weighted by Gasteiger charge is 2.22. The van der Waals surface area contributed by atoms with Crippen molar-refractivity contribution in [3.8, 4) is 0 Å². The van der Waals surface area contributed by atoms with Gasteiger partial charge in [-0.1, -0.05) is 0 Å². The number of hydrogen-bond donors (Lipinski definition) is 1. The van der Waals surface area contributed by atoms with Gasteiger partial charge in [-0.2, -0.15) is 0 Å². The van der Waals surface area contributed by atoms with Gasteiger partial charge >= 0.3 is 0 Å². The Bertz CT molecular complexity index is 931. The van der Waals surface area contributed by atoms with Gasteiger partial charge < -0.3 is 19.5 Å². The zero-order valence-corrected chi connectivity index (χ0v) is 14.5. The number of rotatable bonds is 2. The number of aromatic amines is 1. The fraction of sp³-hybridized carbons (Fsp3) is 0.350. The molecule has 0 unspecified atom stereocenters. The van der Waals surface area contributed by atoms with E-state index in [1.807, 2.05) is 12.3 Å². The number of aromatic nitrogens is 2. The first-order chi connectivity index (χ1) is 12.8. The van der Waals surface area contributed by atoms with Gasteiger partial charge in [0.15, 0.2) is 0 Å². The van der Waals surface area contributed by atoms with Gasteiger partial charge in [-0.05, 0) is 42.3 Å². The molecular weight excluding hydrogens is 331 g/mol. The minimum Gasteiger partial charge on any atom is -0.378 e. The molecule has 6 heteroatoms. The Labute approximate surface area is 151 Å². The van der Waals surface area contributed by atoms with E-state index in [0.717, 1.165) is 73.9 Å². The Morgan fingerprint density at radius 1 is 1.04 bits per heavy atom. The highest BCUT2D eigenvalue weighted by molar-refractivity contribution is 5.85. The van der Waals surface area contributed by atoms with E-state index >= 15 is 0 Å². The van der Waals surface area contributed by atoms with Crippen molar-refractivity contribution in [3.63, 3.8) is 0 Å². The van der Waals surface area contributed by atoms with E-state index in [1.165, 1.54) is 11.6 Å². The van der Waals surface area contributed by atoms with Crippen molar-refractivity contribution in [2.45, 2.75) is 13.0 Å². The second-order valence-electron chi connectivity index (χ2n) is 6.92. The summed E-state index contributed by atoms with van der Waals surface area (Å²) in [6.07, 6.45) is 2.89. The summed E-state index contributed by atoms with van der Waals surface area (Å²) in [6.45, 7) is 5.07. The van der Waals surface area contributed by atoms with Crippen LogP contribution in [-0.2, 0) is 17.7 Å². The van der Waals surface area contributed by atoms with Gasteiger partial charge in [0.05, 0.1) is 31.6 Å². The number of halogens is 1. The lowest BCUT2D eigenvalue weighted by atomic mass is 10.0. The molecule has 0 radical (unpaired) electrons. The molecule has 2 aliphatic heterocycles. The Hall–Kier alpha value is -2.60. The molecule has 2 aromatic heterocycles. The maximum atomic E-state index is 13.5. The second kappa shape index (κ2) is 6.29. The van der Waals surface area contributed by atoms with E-state index in [4.69, 9.17) is 4.74 Å². The highest BCUT2D eigenvalue weighted by Crippen LogP contribution is 2.30. The number of H-pyrrole nitrogens is 1. The number of morpholine rings is 1. The Balaban J connectivity index is 1.37. The predicted molar refractivity (Wildman–Crippen MR) is 100 cm³/mol. The Kier molecular flexibility index (Phi) is 3.78. The standard InChI is InChI=1S/C20H21FN4O/c21-14-1-3-16-17-5-6-25(13-19(17)23-18(16)11-14)20-4-2-15(12-22-20)24-7-9-26-10-8-24/h1-4,11-12,23H,5-10,13H2. The summed E-state index contributed by atoms with van der Waals surface area (Å²) in [5.74, 6) is 0.783. The Morgan fingerprint density at radius 3 is 2.73 bits per heavy atom. The molecular formula is C20H21FN4O. The monoisotopic (exact) mass is 352 g/mol. The smallest absolute Gasteiger partial charge is 0.128 e. The lowest BCUT2D eigenvalue weighted by Gasteiger charge is -2.30. The van der Waals surface area contributed by atoms with Crippen LogP contribution in [0.4, 0.5) is 15.9 Å². The van der Waals surface area contributed by atoms with Crippen LogP contribution < -0.4 is 9.80 Å². The van der Waals surface area contributed by atoms with Crippen molar-refractivity contribution in [1.82, 2.24) is 9.97 Å². The van der Waals surface area contributed by atoms with E-state index in [0.29, 0.717) is 0 Å². The summed E-state index contributed by atoms with van der Waals surface area (Å²) >= 11 is 0. The van der Waals surface area contributed by atoms with Crippen molar-refractivity contribution in [2.75, 3.05) is 42.6 Å². The highest BCUT2D eigenvalue weighted by atomic mass is 19.1. The van der Waals surface area contributed by atoms with Gasteiger partial charge in [-0.15, -0.1) is 0 Å². The first-order valence-corrected chi connectivity index (χ1v) is 9.10. The molecule has 134 valence electrons. The molecule has 3 aromatic rings. The molecule has 5 nitrogen and oxygen atoms in total. The summed E-state index contributed by atoms with van der Waals surface area (Å²) in [4.78, 5) is 12.7. The molecule has 26 heavy (non-hydrogen) atoms. The minimum absolute atomic E-state index is 0.201. The summed E-state index contributed by atoms with van der Waals surface area (Å²) < 4.78 is 18.9. The van der Waals surface area contributed by atoms with Gasteiger partial charge in [0.2, 0.25) is 0 Å². The third-order valence-electron chi connectivity index (χ3n) is 5.37. The molecule has 2 aliphatic rings. The SMILES string of the molecule is Fc1ccc2c3c([nH]c2c1)CN(c1ccc(N2CCOCC2)cn1)CC3. The maximum absolute atomic E-state index is 13.5. The van der Waals surface area contributed by atoms with Crippen LogP contribution in [0.15, 0.2) is 36.5 Å². The van der Waals surface area contributed by atoms with E-state index in [-0.39, 0.29) is 5.82 Å². The number of nitrogens with one attached hydrogen (secondary N) is 1. The number of fused-ring (bicyclic) bond motifs is 3. The van der Waals surface area contributed by atoms with E-state index < -0.39 is 0 Å². The third kappa shape index (κ3) is 2.70. The van der Waals surface area contributed by atoms with Crippen LogP contribution in [0.2, 0.25) is 0 Å². The zero-order chi connectivity index (χ0) is 17.5. The molecule has 0 saturated carbocycles. The number of pyridine rings is 1. The van der Waals surface area contributed by atoms with Crippen LogP contribution in [0.5, 0.6) is 0 Å². The lowest BCUT2D eigenvalue weighted by molar-refractivity contribution is 0.122. The number of nitrogens with zero attached hydrogens (tertiary/aromatic N) is 3. The van der Waals surface area contributed by atoms with Crippen LogP contribution in [0.3, 0.4) is 0 Å². The average molecular weight is 352 g/mol. The van der Waals surface area contributed by atoms with Gasteiger partial charge in [0.25, 0.3) is 0 Å². The molecule has 0 bridgehead atoms. The minimum atomic E-state index is -0.201. The average Bonchev–Trinajstić information content (AvgIpc) is 3.05. The first-order valence-electron chi connectivity index (χ1n) is 9.10. The second-order valence-corrected chi connectivity index (χ2v) is 6.92. The van der Waals surface area contributed by atoms with E-state index in [1.54, 1.807) is 6.07 Å². The van der Waals surface area contributed by atoms with Gasteiger partial charge in [0, 0.05) is 36.2 Å². The Morgan fingerprint density at radius 2 is 1.92 bits per heavy atom. The third-order valence-corrected chi connectivity index (χ3v) is 5.37. The topological polar surface area (TPSA) is 44.4 Å². The first kappa shape index (κ1) is 15.6. The fourth-order valence-electron chi connectivity index (χ4n) is 3.99. The van der Waals surface area contributed by atoms with Gasteiger partial charge in [-0.3, -0.25) is 0 Å². The molecule has 0 atom stereocenters. The van der Waals surface area contributed by atoms with Crippen molar-refractivity contribution >= 4 is 22.4 Å². The molecule has 1 N–H and O–H groups in total. The largest absolute Gasteiger partial charge is 0.378 e. The maximum Gasteiger partial charge on any atom is 0.128 e. The van der Waals surface area contributed by atoms with E-state index in [2.05, 4.69) is 31.9 Å². The summed E-state index contributed by atoms with van der Waals surface area (Å²) in [5, 5.41) is 1.14. The van der Waals surface area contributed by atoms with E-state index in [9.17, 15) is 4.39 Å². The number of ether oxygens (including phenoxy) is 1. The van der Waals surface area contributed by atoms with Crippen LogP contribution in [0.1, 0.15) is 11.3 Å². The molecule has 5 rings (SSSR count). The molecule has 1 fully saturated rings. The van der Waals surface area contributed by atoms with Crippen LogP contribution >= 0.6 is 0 Å². The molecule has 0 aliphatic carbocycles. The quantitative estimate of drug-likeness (QED) is 0.770. The van der Waals surface area contributed by atoms with Crippen LogP contribution in [0.25, 0.3) is 10.9 Å². The van der Waals surface area contributed by atoms with Gasteiger partial charge in [-0.25, -0.2) is 9.37 Å². The normalized spacial score (nSPS) is 17.6. The zero-order valence-electron chi connectivity index (χ0n) is 14.5. The lowest BCUT2D eigenvalue weighted by Crippen LogP contribution is -2.36. The summed E-state index contributed by atoms with van der Waals surface area (Å²) in [6, 6.07) is 9.23. The number of hydrogen-bond acceptors (Lipinski definition) is 4. The molecule has 1 saturated heterocycles. The van der Waals surface area contributed by atoms with Crippen molar-refractivity contribution in [3.05, 3.63) is 53.6 Å². The molecule has 0 spiro atoms. The molecule has 0 amide bonds. The summed E-state index contributed by atoms with van der Waals surface area (Å²) in [5.41, 5.74) is 4.50. The van der Waals surface area contributed by atoms with Gasteiger partial charge in [0.1, 0.15) is 11.6 Å². The molecule has 4 heterocycles. The van der Waals surface area contributed by atoms with Crippen molar-refractivity contribution in [2.24, 2.45) is 0 Å². The van der Waals surface area contributed by atoms with Crippen molar-refractivity contribution in [1.29, 1.82) is 0 Å².